The molecule has 1 fully saturated rings. The van der Waals surface area contributed by atoms with E-state index >= 15 is 0 Å². The van der Waals surface area contributed by atoms with Gasteiger partial charge in [0.1, 0.15) is 11.6 Å². The van der Waals surface area contributed by atoms with Gasteiger partial charge in [-0.25, -0.2) is 9.37 Å². The van der Waals surface area contributed by atoms with Gasteiger partial charge in [-0.2, -0.15) is 0 Å². The van der Waals surface area contributed by atoms with E-state index in [1.165, 1.54) is 12.1 Å². The number of aromatic nitrogens is 2. The van der Waals surface area contributed by atoms with E-state index in [0.29, 0.717) is 0 Å². The van der Waals surface area contributed by atoms with Gasteiger partial charge >= 0.3 is 0 Å². The molecule has 3 nitrogen and oxygen atoms in total. The molecule has 0 amide bonds. The van der Waals surface area contributed by atoms with Crippen molar-refractivity contribution in [3.8, 4) is 11.3 Å². The van der Waals surface area contributed by atoms with Crippen molar-refractivity contribution in [3.63, 3.8) is 0 Å². The minimum atomic E-state index is -0.261. The molecular formula is C13H14FN3. The first-order chi connectivity index (χ1) is 8.08. The van der Waals surface area contributed by atoms with Crippen LogP contribution in [0.4, 0.5) is 4.39 Å². The van der Waals surface area contributed by atoms with Gasteiger partial charge in [0.05, 0.1) is 11.2 Å². The second-order valence-electron chi connectivity index (χ2n) is 4.72. The molecule has 0 radical (unpaired) electrons. The first-order valence-electron chi connectivity index (χ1n) is 5.70. The van der Waals surface area contributed by atoms with Crippen molar-refractivity contribution < 1.29 is 4.39 Å². The monoisotopic (exact) mass is 231 g/mol. The molecule has 1 heterocycles. The van der Waals surface area contributed by atoms with Gasteiger partial charge in [0.15, 0.2) is 0 Å². The van der Waals surface area contributed by atoms with Crippen LogP contribution in [0.15, 0.2) is 24.3 Å². The van der Waals surface area contributed by atoms with Crippen molar-refractivity contribution in [2.24, 2.45) is 5.73 Å². The van der Waals surface area contributed by atoms with Gasteiger partial charge in [0.25, 0.3) is 0 Å². The van der Waals surface area contributed by atoms with Crippen LogP contribution in [0.5, 0.6) is 0 Å². The fraction of sp³-hybridized carbons (Fsp3) is 0.308. The van der Waals surface area contributed by atoms with Crippen LogP contribution in [0.25, 0.3) is 11.3 Å². The number of aromatic amines is 1. The first kappa shape index (κ1) is 10.5. The molecule has 1 aromatic carbocycles. The normalized spacial score (nSPS) is 17.1. The Morgan fingerprint density at radius 2 is 1.94 bits per heavy atom. The SMILES string of the molecule is Cc1[nH]c(C2(N)CC2)nc1-c1ccc(F)cc1. The van der Waals surface area contributed by atoms with E-state index in [0.717, 1.165) is 35.6 Å². The lowest BCUT2D eigenvalue weighted by molar-refractivity contribution is 0.628. The molecule has 0 spiro atoms. The highest BCUT2D eigenvalue weighted by Gasteiger charge is 2.43. The molecule has 0 aliphatic heterocycles. The topological polar surface area (TPSA) is 54.7 Å². The lowest BCUT2D eigenvalue weighted by Gasteiger charge is -2.02. The summed E-state index contributed by atoms with van der Waals surface area (Å²) in [5, 5.41) is 0. The van der Waals surface area contributed by atoms with Crippen LogP contribution in [0, 0.1) is 12.7 Å². The molecule has 4 heteroatoms. The standard InChI is InChI=1S/C13H14FN3/c1-8-11(9-2-4-10(14)5-3-9)17-12(16-8)13(15)6-7-13/h2-5H,6-7,15H2,1H3,(H,16,17). The Hall–Kier alpha value is -1.68. The Bertz CT molecular complexity index is 553. The number of benzene rings is 1. The molecule has 17 heavy (non-hydrogen) atoms. The van der Waals surface area contributed by atoms with Crippen molar-refractivity contribution in [2.75, 3.05) is 0 Å². The van der Waals surface area contributed by atoms with Gasteiger partial charge in [0.2, 0.25) is 0 Å². The predicted molar refractivity (Wildman–Crippen MR) is 63.8 cm³/mol. The van der Waals surface area contributed by atoms with Crippen LogP contribution in [0.1, 0.15) is 24.4 Å². The third kappa shape index (κ3) is 1.74. The van der Waals surface area contributed by atoms with E-state index in [2.05, 4.69) is 9.97 Å². The maximum atomic E-state index is 12.9. The lowest BCUT2D eigenvalue weighted by Crippen LogP contribution is -2.20. The second-order valence-corrected chi connectivity index (χ2v) is 4.72. The van der Waals surface area contributed by atoms with E-state index in [9.17, 15) is 4.39 Å². The molecular weight excluding hydrogens is 217 g/mol. The molecule has 3 rings (SSSR count). The summed E-state index contributed by atoms with van der Waals surface area (Å²) in [7, 11) is 0. The van der Waals surface area contributed by atoms with Crippen LogP contribution in [-0.4, -0.2) is 9.97 Å². The number of halogens is 1. The molecule has 0 unspecified atom stereocenters. The second kappa shape index (κ2) is 3.40. The molecule has 1 saturated carbocycles. The van der Waals surface area contributed by atoms with Crippen molar-refractivity contribution in [3.05, 3.63) is 41.6 Å². The van der Waals surface area contributed by atoms with Crippen molar-refractivity contribution in [1.82, 2.24) is 9.97 Å². The number of H-pyrrole nitrogens is 1. The van der Waals surface area contributed by atoms with Crippen LogP contribution < -0.4 is 5.73 Å². The summed E-state index contributed by atoms with van der Waals surface area (Å²) in [4.78, 5) is 7.77. The zero-order valence-electron chi connectivity index (χ0n) is 9.63. The number of imidazole rings is 1. The van der Waals surface area contributed by atoms with Gasteiger partial charge < -0.3 is 10.7 Å². The summed E-state index contributed by atoms with van der Waals surface area (Å²) in [6, 6.07) is 6.35. The first-order valence-corrected chi connectivity index (χ1v) is 5.70. The Balaban J connectivity index is 2.03. The van der Waals surface area contributed by atoms with Gasteiger partial charge in [-0.15, -0.1) is 0 Å². The fourth-order valence-corrected chi connectivity index (χ4v) is 1.96. The average molecular weight is 231 g/mol. The van der Waals surface area contributed by atoms with E-state index in [-0.39, 0.29) is 11.4 Å². The average Bonchev–Trinajstić information content (AvgIpc) is 2.93. The predicted octanol–water partition coefficient (Wildman–Crippen LogP) is 2.47. The number of hydrogen-bond acceptors (Lipinski definition) is 2. The summed E-state index contributed by atoms with van der Waals surface area (Å²) in [5.74, 6) is 0.606. The molecule has 0 atom stereocenters. The molecule has 0 bridgehead atoms. The Morgan fingerprint density at radius 3 is 2.53 bits per heavy atom. The van der Waals surface area contributed by atoms with E-state index < -0.39 is 0 Å². The summed E-state index contributed by atoms with van der Waals surface area (Å²) >= 11 is 0. The molecule has 2 aromatic rings. The number of rotatable bonds is 2. The van der Waals surface area contributed by atoms with Gasteiger partial charge in [0, 0.05) is 11.3 Å². The van der Waals surface area contributed by atoms with Crippen LogP contribution in [0.3, 0.4) is 0 Å². The highest BCUT2D eigenvalue weighted by atomic mass is 19.1. The van der Waals surface area contributed by atoms with Crippen molar-refractivity contribution in [1.29, 1.82) is 0 Å². The fourth-order valence-electron chi connectivity index (χ4n) is 1.96. The lowest BCUT2D eigenvalue weighted by atomic mass is 10.1. The molecule has 1 aliphatic rings. The number of nitrogens with one attached hydrogen (secondary N) is 1. The molecule has 0 saturated heterocycles. The third-order valence-electron chi connectivity index (χ3n) is 3.26. The maximum Gasteiger partial charge on any atom is 0.127 e. The summed E-state index contributed by atoms with van der Waals surface area (Å²) in [5.41, 5.74) is 8.58. The van der Waals surface area contributed by atoms with Crippen LogP contribution >= 0.6 is 0 Å². The van der Waals surface area contributed by atoms with Crippen molar-refractivity contribution in [2.45, 2.75) is 25.3 Å². The number of nitrogens with two attached hydrogens (primary N) is 1. The zero-order valence-corrected chi connectivity index (χ0v) is 9.63. The number of nitrogens with zero attached hydrogens (tertiary/aromatic N) is 1. The Labute approximate surface area is 98.9 Å². The minimum Gasteiger partial charge on any atom is -0.344 e. The van der Waals surface area contributed by atoms with Gasteiger partial charge in [-0.3, -0.25) is 0 Å². The van der Waals surface area contributed by atoms with Gasteiger partial charge in [-0.05, 0) is 44.0 Å². The maximum absolute atomic E-state index is 12.9. The number of aryl methyl sites for hydroxylation is 1. The molecule has 88 valence electrons. The summed E-state index contributed by atoms with van der Waals surface area (Å²) in [6.45, 7) is 1.96. The van der Waals surface area contributed by atoms with Crippen LogP contribution in [-0.2, 0) is 5.54 Å². The summed E-state index contributed by atoms with van der Waals surface area (Å²) < 4.78 is 12.9. The highest BCUT2D eigenvalue weighted by Crippen LogP contribution is 2.42. The summed E-state index contributed by atoms with van der Waals surface area (Å²) in [6.07, 6.45) is 1.95. The number of hydrogen-bond donors (Lipinski definition) is 2. The third-order valence-corrected chi connectivity index (χ3v) is 3.26. The van der Waals surface area contributed by atoms with Crippen molar-refractivity contribution >= 4 is 0 Å². The largest absolute Gasteiger partial charge is 0.344 e. The quantitative estimate of drug-likeness (QED) is 0.834. The molecule has 1 aliphatic carbocycles. The van der Waals surface area contributed by atoms with E-state index in [1.807, 2.05) is 6.92 Å². The smallest absolute Gasteiger partial charge is 0.127 e. The Kier molecular flexibility index (Phi) is 2.10. The molecule has 1 aromatic heterocycles. The molecule has 3 N–H and O–H groups in total. The van der Waals surface area contributed by atoms with E-state index in [1.54, 1.807) is 12.1 Å². The highest BCUT2D eigenvalue weighted by molar-refractivity contribution is 5.62. The van der Waals surface area contributed by atoms with Crippen LogP contribution in [0.2, 0.25) is 0 Å². The Morgan fingerprint density at radius 1 is 1.29 bits per heavy atom. The minimum absolute atomic E-state index is 0.236. The zero-order chi connectivity index (χ0) is 12.0. The van der Waals surface area contributed by atoms with Gasteiger partial charge in [-0.1, -0.05) is 0 Å². The van der Waals surface area contributed by atoms with E-state index in [4.69, 9.17) is 5.73 Å².